The number of anilines is 1. The molecule has 3 rings (SSSR count). The van der Waals surface area contributed by atoms with Crippen LogP contribution in [0.15, 0.2) is 48.0 Å². The van der Waals surface area contributed by atoms with Gasteiger partial charge < -0.3 is 4.74 Å². The lowest BCUT2D eigenvalue weighted by Gasteiger charge is -2.26. The molecule has 26 heavy (non-hydrogen) atoms. The summed E-state index contributed by atoms with van der Waals surface area (Å²) in [5.41, 5.74) is 0.445. The lowest BCUT2D eigenvalue weighted by Crippen LogP contribution is -2.54. The van der Waals surface area contributed by atoms with Crippen molar-refractivity contribution in [1.29, 1.82) is 0 Å². The molecule has 4 amide bonds. The number of rotatable bonds is 3. The van der Waals surface area contributed by atoms with Crippen LogP contribution in [0, 0.1) is 0 Å². The minimum atomic E-state index is -0.850. The number of nitrogens with zero attached hydrogens (tertiary/aromatic N) is 1. The summed E-state index contributed by atoms with van der Waals surface area (Å²) < 4.78 is 5.22. The molecule has 0 aromatic heterocycles. The van der Waals surface area contributed by atoms with Crippen LogP contribution in [0.1, 0.15) is 5.56 Å². The number of methoxy groups -OCH3 is 1. The van der Waals surface area contributed by atoms with Gasteiger partial charge in [0.15, 0.2) is 0 Å². The quantitative estimate of drug-likeness (QED) is 0.640. The molecule has 1 fully saturated rings. The number of halogens is 2. The van der Waals surface area contributed by atoms with E-state index in [1.807, 2.05) is 0 Å². The number of carbonyl (C=O) groups excluding carboxylic acids is 3. The molecule has 2 aromatic rings. The highest BCUT2D eigenvalue weighted by Gasteiger charge is 2.37. The molecule has 8 heteroatoms. The van der Waals surface area contributed by atoms with Gasteiger partial charge >= 0.3 is 6.03 Å². The molecule has 1 saturated heterocycles. The first kappa shape index (κ1) is 18.0. The molecular weight excluding hydrogens is 379 g/mol. The van der Waals surface area contributed by atoms with E-state index in [-0.39, 0.29) is 11.3 Å². The first-order valence-electron chi connectivity index (χ1n) is 7.41. The number of urea groups is 1. The van der Waals surface area contributed by atoms with Gasteiger partial charge in [-0.15, -0.1) is 0 Å². The van der Waals surface area contributed by atoms with Gasteiger partial charge in [-0.2, -0.15) is 0 Å². The SMILES string of the molecule is COc1ccc(Cl)cc1/C=C1\C(=O)NC(=O)N(c2cccc(Cl)c2)C1=O. The average Bonchev–Trinajstić information content (AvgIpc) is 2.58. The van der Waals surface area contributed by atoms with Gasteiger partial charge in [0.1, 0.15) is 11.3 Å². The molecule has 0 atom stereocenters. The number of barbiturate groups is 1. The van der Waals surface area contributed by atoms with Gasteiger partial charge in [0.05, 0.1) is 12.8 Å². The molecule has 0 saturated carbocycles. The Balaban J connectivity index is 2.07. The van der Waals surface area contributed by atoms with Gasteiger partial charge in [-0.05, 0) is 42.5 Å². The summed E-state index contributed by atoms with van der Waals surface area (Å²) in [6, 6.07) is 10.1. The van der Waals surface area contributed by atoms with E-state index in [0.717, 1.165) is 4.90 Å². The van der Waals surface area contributed by atoms with Crippen molar-refractivity contribution in [2.24, 2.45) is 0 Å². The Morgan fingerprint density at radius 3 is 2.46 bits per heavy atom. The van der Waals surface area contributed by atoms with Crippen molar-refractivity contribution in [2.75, 3.05) is 12.0 Å². The van der Waals surface area contributed by atoms with Crippen LogP contribution in [0.2, 0.25) is 10.0 Å². The summed E-state index contributed by atoms with van der Waals surface area (Å²) in [6.07, 6.45) is 1.33. The fraction of sp³-hybridized carbons (Fsp3) is 0.0556. The Bertz CT molecular complexity index is 956. The topological polar surface area (TPSA) is 75.7 Å². The largest absolute Gasteiger partial charge is 0.496 e. The van der Waals surface area contributed by atoms with Gasteiger partial charge in [-0.1, -0.05) is 29.3 Å². The molecule has 0 unspecified atom stereocenters. The van der Waals surface area contributed by atoms with E-state index in [1.165, 1.54) is 25.3 Å². The summed E-state index contributed by atoms with van der Waals surface area (Å²) in [5, 5.41) is 2.90. The third-order valence-corrected chi connectivity index (χ3v) is 4.13. The predicted molar refractivity (Wildman–Crippen MR) is 98.5 cm³/mol. The molecule has 1 aliphatic rings. The minimum Gasteiger partial charge on any atom is -0.496 e. The third kappa shape index (κ3) is 3.42. The maximum atomic E-state index is 12.8. The van der Waals surface area contributed by atoms with Crippen molar-refractivity contribution in [1.82, 2.24) is 5.32 Å². The second-order valence-electron chi connectivity index (χ2n) is 5.32. The Labute approximate surface area is 158 Å². The number of hydrogen-bond donors (Lipinski definition) is 1. The van der Waals surface area contributed by atoms with E-state index >= 15 is 0 Å². The van der Waals surface area contributed by atoms with E-state index < -0.39 is 17.8 Å². The van der Waals surface area contributed by atoms with Crippen LogP contribution in [0.3, 0.4) is 0 Å². The lowest BCUT2D eigenvalue weighted by atomic mass is 10.1. The molecule has 0 spiro atoms. The number of amides is 4. The third-order valence-electron chi connectivity index (χ3n) is 3.66. The number of benzene rings is 2. The van der Waals surface area contributed by atoms with Crippen LogP contribution < -0.4 is 15.0 Å². The monoisotopic (exact) mass is 390 g/mol. The van der Waals surface area contributed by atoms with Crippen molar-refractivity contribution < 1.29 is 19.1 Å². The standard InChI is InChI=1S/C18H12Cl2N2O4/c1-26-15-6-5-12(20)7-10(15)8-14-16(23)21-18(25)22(17(14)24)13-4-2-3-11(19)9-13/h2-9H,1H3,(H,21,23,25)/b14-8+. The summed E-state index contributed by atoms with van der Waals surface area (Å²) in [5.74, 6) is -1.16. The van der Waals surface area contributed by atoms with Gasteiger partial charge in [0.25, 0.3) is 11.8 Å². The van der Waals surface area contributed by atoms with Crippen molar-refractivity contribution in [3.8, 4) is 5.75 Å². The molecule has 2 aromatic carbocycles. The highest BCUT2D eigenvalue weighted by atomic mass is 35.5. The normalized spacial score (nSPS) is 16.0. The molecule has 0 bridgehead atoms. The van der Waals surface area contributed by atoms with Gasteiger partial charge in [-0.3, -0.25) is 14.9 Å². The fourth-order valence-corrected chi connectivity index (χ4v) is 2.85. The van der Waals surface area contributed by atoms with Crippen molar-refractivity contribution >= 4 is 52.8 Å². The Morgan fingerprint density at radius 1 is 1.04 bits per heavy atom. The molecule has 1 N–H and O–H groups in total. The van der Waals surface area contributed by atoms with E-state index in [2.05, 4.69) is 5.32 Å². The molecule has 0 aliphatic carbocycles. The van der Waals surface area contributed by atoms with Crippen LogP contribution in [0.4, 0.5) is 10.5 Å². The van der Waals surface area contributed by atoms with E-state index in [0.29, 0.717) is 21.4 Å². The average molecular weight is 391 g/mol. The molecule has 132 valence electrons. The first-order chi connectivity index (χ1) is 12.4. The summed E-state index contributed by atoms with van der Waals surface area (Å²) in [7, 11) is 1.45. The fourth-order valence-electron chi connectivity index (χ4n) is 2.48. The number of imide groups is 2. The summed E-state index contributed by atoms with van der Waals surface area (Å²) in [4.78, 5) is 38.0. The van der Waals surface area contributed by atoms with Gasteiger partial charge in [0.2, 0.25) is 0 Å². The van der Waals surface area contributed by atoms with Crippen LogP contribution in [0.5, 0.6) is 5.75 Å². The summed E-state index contributed by atoms with van der Waals surface area (Å²) >= 11 is 11.9. The lowest BCUT2D eigenvalue weighted by molar-refractivity contribution is -0.122. The van der Waals surface area contributed by atoms with E-state index in [9.17, 15) is 14.4 Å². The van der Waals surface area contributed by atoms with E-state index in [1.54, 1.807) is 30.3 Å². The van der Waals surface area contributed by atoms with Crippen LogP contribution >= 0.6 is 23.2 Å². The van der Waals surface area contributed by atoms with E-state index in [4.69, 9.17) is 27.9 Å². The van der Waals surface area contributed by atoms with Gasteiger partial charge in [0, 0.05) is 15.6 Å². The van der Waals surface area contributed by atoms with Crippen molar-refractivity contribution in [3.63, 3.8) is 0 Å². The highest BCUT2D eigenvalue weighted by molar-refractivity contribution is 6.39. The molecular formula is C18H12Cl2N2O4. The minimum absolute atomic E-state index is 0.231. The zero-order valence-electron chi connectivity index (χ0n) is 13.5. The molecule has 6 nitrogen and oxygen atoms in total. The molecule has 0 radical (unpaired) electrons. The zero-order valence-corrected chi connectivity index (χ0v) is 15.0. The number of nitrogens with one attached hydrogen (secondary N) is 1. The maximum Gasteiger partial charge on any atom is 0.335 e. The first-order valence-corrected chi connectivity index (χ1v) is 8.17. The maximum absolute atomic E-state index is 12.8. The number of ether oxygens (including phenoxy) is 1. The van der Waals surface area contributed by atoms with Crippen molar-refractivity contribution in [3.05, 3.63) is 63.6 Å². The Hall–Kier alpha value is -2.83. The van der Waals surface area contributed by atoms with Crippen LogP contribution in [0.25, 0.3) is 6.08 Å². The second-order valence-corrected chi connectivity index (χ2v) is 6.20. The molecule has 1 heterocycles. The predicted octanol–water partition coefficient (Wildman–Crippen LogP) is 3.67. The van der Waals surface area contributed by atoms with Gasteiger partial charge in [-0.25, -0.2) is 9.69 Å². The number of carbonyl (C=O) groups is 3. The zero-order chi connectivity index (χ0) is 18.8. The summed E-state index contributed by atoms with van der Waals surface area (Å²) in [6.45, 7) is 0. The Morgan fingerprint density at radius 2 is 1.77 bits per heavy atom. The Kier molecular flexibility index (Phi) is 4.97. The second kappa shape index (κ2) is 7.19. The smallest absolute Gasteiger partial charge is 0.335 e. The molecule has 1 aliphatic heterocycles. The highest BCUT2D eigenvalue weighted by Crippen LogP contribution is 2.28. The van der Waals surface area contributed by atoms with Crippen LogP contribution in [-0.4, -0.2) is 25.0 Å². The van der Waals surface area contributed by atoms with Crippen LogP contribution in [-0.2, 0) is 9.59 Å². The number of hydrogen-bond acceptors (Lipinski definition) is 4. The van der Waals surface area contributed by atoms with Crippen molar-refractivity contribution in [2.45, 2.75) is 0 Å².